The normalized spacial score (nSPS) is 11.9. The van der Waals surface area contributed by atoms with Gasteiger partial charge in [-0.25, -0.2) is 0 Å². The molecule has 2 aromatic carbocycles. The smallest absolute Gasteiger partial charge is 0.254 e. The van der Waals surface area contributed by atoms with Crippen LogP contribution < -0.4 is 21.3 Å². The Morgan fingerprint density at radius 1 is 0.933 bits per heavy atom. The summed E-state index contributed by atoms with van der Waals surface area (Å²) < 4.78 is -1.93. The molecule has 0 aliphatic rings. The van der Waals surface area contributed by atoms with Gasteiger partial charge in [0.25, 0.3) is 5.91 Å². The number of benzene rings is 2. The van der Waals surface area contributed by atoms with E-state index in [9.17, 15) is 9.59 Å². The van der Waals surface area contributed by atoms with Crippen molar-refractivity contribution in [2.75, 3.05) is 10.6 Å². The van der Waals surface area contributed by atoms with Gasteiger partial charge in [-0.1, -0.05) is 58.0 Å². The molecule has 0 heterocycles. The van der Waals surface area contributed by atoms with Gasteiger partial charge in [0.1, 0.15) is 6.17 Å². The van der Waals surface area contributed by atoms with Gasteiger partial charge in [-0.2, -0.15) is 0 Å². The lowest BCUT2D eigenvalue weighted by atomic mass is 10.2. The standard InChI is InChI=1S/C18H15Cl5N4O2S/c1-9(28)24-11-3-5-12(6-4-11)25-17(30)27-16(18(21,22)23)26-15(29)13-7-2-10(19)8-14(13)20/h2-8,16H,1H3,(H,24,28)(H,26,29)(H2,25,27,30)/t16-/m1/s1. The molecule has 0 bridgehead atoms. The Bertz CT molecular complexity index is 951. The van der Waals surface area contributed by atoms with Gasteiger partial charge in [0, 0.05) is 23.3 Å². The predicted octanol–water partition coefficient (Wildman–Crippen LogP) is 5.36. The lowest BCUT2D eigenvalue weighted by Crippen LogP contribution is -2.56. The summed E-state index contributed by atoms with van der Waals surface area (Å²) in [7, 11) is 0. The van der Waals surface area contributed by atoms with Crippen molar-refractivity contribution >= 4 is 98.5 Å². The lowest BCUT2D eigenvalue weighted by molar-refractivity contribution is -0.114. The molecule has 0 spiro atoms. The van der Waals surface area contributed by atoms with Crippen molar-refractivity contribution in [1.29, 1.82) is 0 Å². The Balaban J connectivity index is 2.06. The van der Waals surface area contributed by atoms with Crippen molar-refractivity contribution in [1.82, 2.24) is 10.6 Å². The number of hydrogen-bond donors (Lipinski definition) is 4. The summed E-state index contributed by atoms with van der Waals surface area (Å²) >= 11 is 35.1. The van der Waals surface area contributed by atoms with Crippen molar-refractivity contribution < 1.29 is 9.59 Å². The molecule has 0 fully saturated rings. The third-order valence-corrected chi connectivity index (χ3v) is 4.94. The third-order valence-electron chi connectivity index (χ3n) is 3.52. The molecule has 0 aliphatic carbocycles. The van der Waals surface area contributed by atoms with Crippen LogP contribution in [0.3, 0.4) is 0 Å². The molecule has 0 saturated carbocycles. The summed E-state index contributed by atoms with van der Waals surface area (Å²) in [4.78, 5) is 23.6. The minimum atomic E-state index is -1.93. The second kappa shape index (κ2) is 10.7. The highest BCUT2D eigenvalue weighted by Crippen LogP contribution is 2.30. The molecular weight excluding hydrogens is 514 g/mol. The maximum atomic E-state index is 12.5. The Labute approximate surface area is 203 Å². The second-order valence-electron chi connectivity index (χ2n) is 5.93. The van der Waals surface area contributed by atoms with E-state index in [0.717, 1.165) is 0 Å². The number of halogens is 5. The van der Waals surface area contributed by atoms with E-state index in [1.54, 1.807) is 24.3 Å². The van der Waals surface area contributed by atoms with Crippen LogP contribution in [0.5, 0.6) is 0 Å². The van der Waals surface area contributed by atoms with E-state index in [-0.39, 0.29) is 21.6 Å². The van der Waals surface area contributed by atoms with Gasteiger partial charge in [0.2, 0.25) is 9.70 Å². The first-order chi connectivity index (χ1) is 14.0. The van der Waals surface area contributed by atoms with Crippen LogP contribution in [0.4, 0.5) is 11.4 Å². The van der Waals surface area contributed by atoms with E-state index in [0.29, 0.717) is 16.4 Å². The van der Waals surface area contributed by atoms with E-state index < -0.39 is 15.9 Å². The van der Waals surface area contributed by atoms with Crippen LogP contribution in [0, 0.1) is 0 Å². The summed E-state index contributed by atoms with van der Waals surface area (Å²) in [5.74, 6) is -0.780. The van der Waals surface area contributed by atoms with E-state index in [4.69, 9.17) is 70.2 Å². The summed E-state index contributed by atoms with van der Waals surface area (Å²) in [6.07, 6.45) is -1.18. The summed E-state index contributed by atoms with van der Waals surface area (Å²) in [6, 6.07) is 11.1. The van der Waals surface area contributed by atoms with E-state index in [1.165, 1.54) is 25.1 Å². The first kappa shape index (κ1) is 24.8. The van der Waals surface area contributed by atoms with Gasteiger partial charge < -0.3 is 21.3 Å². The van der Waals surface area contributed by atoms with Crippen LogP contribution in [0.2, 0.25) is 10.0 Å². The quantitative estimate of drug-likeness (QED) is 0.239. The van der Waals surface area contributed by atoms with Crippen LogP contribution >= 0.6 is 70.2 Å². The third kappa shape index (κ3) is 7.65. The molecular formula is C18H15Cl5N4O2S. The number of alkyl halides is 3. The number of rotatable bonds is 5. The van der Waals surface area contributed by atoms with Gasteiger partial charge in [-0.15, -0.1) is 0 Å². The fraction of sp³-hybridized carbons (Fsp3) is 0.167. The molecule has 0 radical (unpaired) electrons. The topological polar surface area (TPSA) is 82.3 Å². The molecule has 0 aromatic heterocycles. The fourth-order valence-electron chi connectivity index (χ4n) is 2.22. The van der Waals surface area contributed by atoms with Crippen LogP contribution in [0.25, 0.3) is 0 Å². The van der Waals surface area contributed by atoms with Crippen LogP contribution in [0.15, 0.2) is 42.5 Å². The Kier molecular flexibility index (Phi) is 8.85. The monoisotopic (exact) mass is 526 g/mol. The maximum absolute atomic E-state index is 12.5. The van der Waals surface area contributed by atoms with Crippen molar-refractivity contribution in [3.63, 3.8) is 0 Å². The summed E-state index contributed by atoms with van der Waals surface area (Å²) in [5, 5.41) is 11.4. The molecule has 0 unspecified atom stereocenters. The number of carbonyl (C=O) groups excluding carboxylic acids is 2. The van der Waals surface area contributed by atoms with Gasteiger partial charge in [0.05, 0.1) is 10.6 Å². The highest BCUT2D eigenvalue weighted by Gasteiger charge is 2.35. The van der Waals surface area contributed by atoms with Crippen molar-refractivity contribution in [3.8, 4) is 0 Å². The molecule has 1 atom stereocenters. The number of carbonyl (C=O) groups is 2. The van der Waals surface area contributed by atoms with Crippen LogP contribution in [-0.4, -0.2) is 26.9 Å². The second-order valence-corrected chi connectivity index (χ2v) is 9.55. The molecule has 0 saturated heterocycles. The lowest BCUT2D eigenvalue weighted by Gasteiger charge is -2.28. The number of nitrogens with one attached hydrogen (secondary N) is 4. The molecule has 160 valence electrons. The van der Waals surface area contributed by atoms with Gasteiger partial charge in [0.15, 0.2) is 5.11 Å². The predicted molar refractivity (Wildman–Crippen MR) is 128 cm³/mol. The van der Waals surface area contributed by atoms with E-state index in [1.807, 2.05) is 0 Å². The highest BCUT2D eigenvalue weighted by atomic mass is 35.6. The average Bonchev–Trinajstić information content (AvgIpc) is 2.61. The zero-order valence-corrected chi connectivity index (χ0v) is 19.8. The Morgan fingerprint density at radius 2 is 1.50 bits per heavy atom. The van der Waals surface area contributed by atoms with E-state index in [2.05, 4.69) is 21.3 Å². The highest BCUT2D eigenvalue weighted by molar-refractivity contribution is 7.80. The zero-order valence-electron chi connectivity index (χ0n) is 15.2. The van der Waals surface area contributed by atoms with Crippen molar-refractivity contribution in [2.24, 2.45) is 0 Å². The molecule has 30 heavy (non-hydrogen) atoms. The van der Waals surface area contributed by atoms with Crippen LogP contribution in [0.1, 0.15) is 17.3 Å². The number of amides is 2. The number of anilines is 2. The first-order valence-electron chi connectivity index (χ1n) is 8.23. The summed E-state index contributed by atoms with van der Waals surface area (Å²) in [6.45, 7) is 1.41. The SMILES string of the molecule is CC(=O)Nc1ccc(NC(=S)N[C@@H](NC(=O)c2ccc(Cl)cc2Cl)C(Cl)(Cl)Cl)cc1. The van der Waals surface area contributed by atoms with Crippen LogP contribution in [-0.2, 0) is 4.79 Å². The van der Waals surface area contributed by atoms with Gasteiger partial charge in [-0.05, 0) is 54.7 Å². The fourth-order valence-corrected chi connectivity index (χ4v) is 3.28. The van der Waals surface area contributed by atoms with Gasteiger partial charge in [-0.3, -0.25) is 9.59 Å². The minimum absolute atomic E-state index is 0.0844. The molecule has 2 amide bonds. The minimum Gasteiger partial charge on any atom is -0.339 e. The maximum Gasteiger partial charge on any atom is 0.254 e. The Morgan fingerprint density at radius 3 is 2.00 bits per heavy atom. The molecule has 2 aromatic rings. The largest absolute Gasteiger partial charge is 0.339 e. The summed E-state index contributed by atoms with van der Waals surface area (Å²) in [5.41, 5.74) is 1.38. The number of hydrogen-bond acceptors (Lipinski definition) is 3. The van der Waals surface area contributed by atoms with Crippen molar-refractivity contribution in [3.05, 3.63) is 58.1 Å². The molecule has 6 nitrogen and oxygen atoms in total. The Hall–Kier alpha value is -1.48. The zero-order chi connectivity index (χ0) is 22.5. The first-order valence-corrected chi connectivity index (χ1v) is 10.5. The molecule has 4 N–H and O–H groups in total. The molecule has 2 rings (SSSR count). The van der Waals surface area contributed by atoms with E-state index >= 15 is 0 Å². The van der Waals surface area contributed by atoms with Gasteiger partial charge >= 0.3 is 0 Å². The molecule has 0 aliphatic heterocycles. The average molecular weight is 529 g/mol. The number of thiocarbonyl (C=S) groups is 1. The van der Waals surface area contributed by atoms with Crippen molar-refractivity contribution in [2.45, 2.75) is 16.9 Å². The molecule has 12 heteroatoms.